The molecule has 0 spiro atoms. The van der Waals surface area contributed by atoms with Gasteiger partial charge in [0.05, 0.1) is 18.0 Å². The van der Waals surface area contributed by atoms with Crippen LogP contribution in [-0.4, -0.2) is 23.6 Å². The molecule has 0 amide bonds. The summed E-state index contributed by atoms with van der Waals surface area (Å²) >= 11 is 0. The Labute approximate surface area is 138 Å². The van der Waals surface area contributed by atoms with Crippen molar-refractivity contribution in [3.05, 3.63) is 29.1 Å². The van der Waals surface area contributed by atoms with Gasteiger partial charge in [-0.05, 0) is 44.1 Å². The topological polar surface area (TPSA) is 68.4 Å². The quantitative estimate of drug-likeness (QED) is 0.847. The summed E-state index contributed by atoms with van der Waals surface area (Å²) in [7, 11) is -1.90. The van der Waals surface area contributed by atoms with Crippen molar-refractivity contribution in [3.63, 3.8) is 0 Å². The number of nitrogens with zero attached hydrogens (tertiary/aromatic N) is 2. The summed E-state index contributed by atoms with van der Waals surface area (Å²) < 4.78 is 11.6. The van der Waals surface area contributed by atoms with Crippen LogP contribution in [-0.2, 0) is 6.61 Å². The van der Waals surface area contributed by atoms with Crippen LogP contribution in [0.1, 0.15) is 37.7 Å². The lowest BCUT2D eigenvalue weighted by Crippen LogP contribution is -2.44. The van der Waals surface area contributed by atoms with Crippen molar-refractivity contribution < 1.29 is 14.1 Å². The van der Waals surface area contributed by atoms with Gasteiger partial charge in [-0.25, -0.2) is 4.98 Å². The Morgan fingerprint density at radius 1 is 1.17 bits per heavy atom. The van der Waals surface area contributed by atoms with E-state index in [1.54, 1.807) is 6.92 Å². The molecule has 23 heavy (non-hydrogen) atoms. The molecule has 126 valence electrons. The van der Waals surface area contributed by atoms with Gasteiger partial charge in [0, 0.05) is 5.56 Å². The highest BCUT2D eigenvalue weighted by molar-refractivity contribution is 6.74. The van der Waals surface area contributed by atoms with Crippen LogP contribution < -0.4 is 4.43 Å². The number of aromatic nitrogens is 2. The largest absolute Gasteiger partial charge is 0.542 e. The smallest absolute Gasteiger partial charge is 0.250 e. The molecule has 0 unspecified atom stereocenters. The first-order valence-electron chi connectivity index (χ1n) is 7.80. The van der Waals surface area contributed by atoms with Crippen LogP contribution in [0.3, 0.4) is 0 Å². The lowest BCUT2D eigenvalue weighted by molar-refractivity contribution is 0.280. The van der Waals surface area contributed by atoms with E-state index >= 15 is 0 Å². The predicted molar refractivity (Wildman–Crippen MR) is 93.0 cm³/mol. The normalized spacial score (nSPS) is 12.5. The number of aliphatic hydroxyl groups excluding tert-OH is 1. The summed E-state index contributed by atoms with van der Waals surface area (Å²) in [6.45, 7) is 14.7. The van der Waals surface area contributed by atoms with Crippen LogP contribution in [0.4, 0.5) is 0 Å². The highest BCUT2D eigenvalue weighted by Gasteiger charge is 2.39. The van der Waals surface area contributed by atoms with Gasteiger partial charge in [0.25, 0.3) is 8.32 Å². The lowest BCUT2D eigenvalue weighted by Gasteiger charge is -2.36. The summed E-state index contributed by atoms with van der Waals surface area (Å²) in [5.74, 6) is 1.33. The van der Waals surface area contributed by atoms with E-state index in [1.165, 1.54) is 0 Å². The van der Waals surface area contributed by atoms with E-state index in [0.29, 0.717) is 22.7 Å². The Hall–Kier alpha value is -1.66. The molecule has 0 atom stereocenters. The van der Waals surface area contributed by atoms with Gasteiger partial charge in [0.1, 0.15) is 11.4 Å². The second kappa shape index (κ2) is 6.09. The second-order valence-electron chi connectivity index (χ2n) is 7.38. The molecule has 0 aliphatic rings. The molecule has 5 nitrogen and oxygen atoms in total. The van der Waals surface area contributed by atoms with Crippen molar-refractivity contribution in [2.45, 2.75) is 59.4 Å². The third-order valence-electron chi connectivity index (χ3n) is 4.58. The highest BCUT2D eigenvalue weighted by atomic mass is 28.4. The van der Waals surface area contributed by atoms with Crippen LogP contribution >= 0.6 is 0 Å². The monoisotopic (exact) mass is 334 g/mol. The molecule has 0 aliphatic carbocycles. The maximum atomic E-state index is 9.47. The van der Waals surface area contributed by atoms with Crippen LogP contribution in [0, 0.1) is 13.8 Å². The van der Waals surface area contributed by atoms with Gasteiger partial charge in [0.2, 0.25) is 0 Å². The van der Waals surface area contributed by atoms with Crippen LogP contribution in [0.25, 0.3) is 11.5 Å². The fourth-order valence-electron chi connectivity index (χ4n) is 1.99. The highest BCUT2D eigenvalue weighted by Crippen LogP contribution is 2.38. The minimum Gasteiger partial charge on any atom is -0.542 e. The van der Waals surface area contributed by atoms with Gasteiger partial charge in [0.15, 0.2) is 5.76 Å². The molecular formula is C17H26N2O3Si. The average Bonchev–Trinajstić information content (AvgIpc) is 2.80. The van der Waals surface area contributed by atoms with Gasteiger partial charge in [-0.2, -0.15) is 0 Å². The zero-order chi connectivity index (χ0) is 17.4. The van der Waals surface area contributed by atoms with E-state index in [1.807, 2.05) is 19.1 Å². The number of hydrogen-bond acceptors (Lipinski definition) is 5. The van der Waals surface area contributed by atoms with E-state index in [-0.39, 0.29) is 11.6 Å². The van der Waals surface area contributed by atoms with Crippen LogP contribution in [0.15, 0.2) is 16.7 Å². The van der Waals surface area contributed by atoms with Gasteiger partial charge < -0.3 is 14.1 Å². The number of hydrogen-bond donors (Lipinski definition) is 1. The molecular weight excluding hydrogens is 308 g/mol. The molecule has 2 aromatic heterocycles. The first-order valence-corrected chi connectivity index (χ1v) is 10.7. The Bertz CT molecular complexity index is 702. The number of rotatable bonds is 4. The molecule has 0 bridgehead atoms. The molecule has 0 radical (unpaired) electrons. The third-order valence-corrected chi connectivity index (χ3v) is 8.93. The van der Waals surface area contributed by atoms with Crippen LogP contribution in [0.5, 0.6) is 5.75 Å². The molecule has 0 saturated heterocycles. The summed E-state index contributed by atoms with van der Waals surface area (Å²) in [4.78, 5) is 4.58. The van der Waals surface area contributed by atoms with Crippen molar-refractivity contribution >= 4 is 8.32 Å². The molecule has 1 N–H and O–H groups in total. The average molecular weight is 334 g/mol. The molecule has 0 saturated carbocycles. The van der Waals surface area contributed by atoms with Gasteiger partial charge in [-0.3, -0.25) is 0 Å². The van der Waals surface area contributed by atoms with Crippen molar-refractivity contribution in [2.24, 2.45) is 0 Å². The lowest BCUT2D eigenvalue weighted by atomic mass is 10.1. The van der Waals surface area contributed by atoms with Crippen molar-refractivity contribution in [1.29, 1.82) is 0 Å². The molecule has 0 aliphatic heterocycles. The van der Waals surface area contributed by atoms with E-state index in [2.05, 4.69) is 44.0 Å². The zero-order valence-electron chi connectivity index (χ0n) is 15.0. The Kier molecular flexibility index (Phi) is 4.68. The zero-order valence-corrected chi connectivity index (χ0v) is 16.0. The number of aliphatic hydroxyl groups is 1. The minimum atomic E-state index is -1.90. The molecule has 2 rings (SSSR count). The molecule has 0 aromatic carbocycles. The van der Waals surface area contributed by atoms with Crippen LogP contribution in [0.2, 0.25) is 18.1 Å². The number of pyridine rings is 1. The predicted octanol–water partition coefficient (Wildman–Crippen LogP) is 4.23. The molecule has 0 fully saturated rings. The van der Waals surface area contributed by atoms with E-state index in [9.17, 15) is 5.11 Å². The first-order chi connectivity index (χ1) is 10.6. The van der Waals surface area contributed by atoms with Crippen molar-refractivity contribution in [2.75, 3.05) is 0 Å². The van der Waals surface area contributed by atoms with Gasteiger partial charge in [-0.15, -0.1) is 0 Å². The first kappa shape index (κ1) is 17.7. The van der Waals surface area contributed by atoms with Crippen molar-refractivity contribution in [3.8, 4) is 17.2 Å². The minimum absolute atomic E-state index is 0.117. The summed E-state index contributed by atoms with van der Waals surface area (Å²) in [6.07, 6.45) is 0. The molecule has 2 heterocycles. The fraction of sp³-hybridized carbons (Fsp3) is 0.529. The Morgan fingerprint density at radius 3 is 2.35 bits per heavy atom. The van der Waals surface area contributed by atoms with E-state index in [4.69, 9.17) is 8.95 Å². The third kappa shape index (κ3) is 3.48. The summed E-state index contributed by atoms with van der Waals surface area (Å²) in [6, 6.07) is 3.78. The summed E-state index contributed by atoms with van der Waals surface area (Å²) in [5.41, 5.74) is 2.83. The molecule has 6 heteroatoms. The fourth-order valence-corrected chi connectivity index (χ4v) is 3.06. The number of aryl methyl sites for hydroxylation is 2. The second-order valence-corrected chi connectivity index (χ2v) is 12.1. The summed E-state index contributed by atoms with van der Waals surface area (Å²) in [5, 5.41) is 13.5. The van der Waals surface area contributed by atoms with Gasteiger partial charge in [-0.1, -0.05) is 25.9 Å². The Balaban J connectivity index is 2.35. The standard InChI is InChI=1S/C17H26N2O3Si/c1-11-13(10-20)16(21-19-11)14-8-9-15(12(2)18-14)22-23(6,7)17(3,4)5/h8-9,20H,10H2,1-7H3. The van der Waals surface area contributed by atoms with E-state index < -0.39 is 8.32 Å². The van der Waals surface area contributed by atoms with Gasteiger partial charge >= 0.3 is 0 Å². The Morgan fingerprint density at radius 2 is 1.83 bits per heavy atom. The maximum absolute atomic E-state index is 9.47. The maximum Gasteiger partial charge on any atom is 0.250 e. The SMILES string of the molecule is Cc1nc(-c2onc(C)c2CO)ccc1O[Si](C)(C)C(C)(C)C. The van der Waals surface area contributed by atoms with E-state index in [0.717, 1.165) is 11.4 Å². The molecule has 2 aromatic rings. The van der Waals surface area contributed by atoms with Crippen molar-refractivity contribution in [1.82, 2.24) is 10.1 Å².